The average Bonchev–Trinajstić information content (AvgIpc) is 2.58. The van der Waals surface area contributed by atoms with Crippen LogP contribution in [0.4, 0.5) is 26.0 Å². The molecule has 0 unspecified atom stereocenters. The highest BCUT2D eigenvalue weighted by molar-refractivity contribution is 6.03. The SMILES string of the molecule is Cc1nc(Nc2ccccc2F)cc(C(=O)Nc2ccc(F)cc2)n1. The van der Waals surface area contributed by atoms with Gasteiger partial charge in [0.25, 0.3) is 5.91 Å². The maximum atomic E-state index is 13.7. The van der Waals surface area contributed by atoms with Gasteiger partial charge < -0.3 is 10.6 Å². The summed E-state index contributed by atoms with van der Waals surface area (Å²) < 4.78 is 26.7. The molecule has 0 spiro atoms. The van der Waals surface area contributed by atoms with Gasteiger partial charge in [-0.3, -0.25) is 4.79 Å². The molecule has 25 heavy (non-hydrogen) atoms. The average molecular weight is 340 g/mol. The number of para-hydroxylation sites is 1. The third-order valence-electron chi connectivity index (χ3n) is 3.31. The van der Waals surface area contributed by atoms with E-state index in [-0.39, 0.29) is 11.4 Å². The van der Waals surface area contributed by atoms with Gasteiger partial charge in [0.05, 0.1) is 5.69 Å². The number of benzene rings is 2. The highest BCUT2D eigenvalue weighted by Gasteiger charge is 2.12. The molecular weight excluding hydrogens is 326 g/mol. The molecule has 0 aliphatic heterocycles. The number of carbonyl (C=O) groups excluding carboxylic acids is 1. The van der Waals surface area contributed by atoms with E-state index in [1.54, 1.807) is 25.1 Å². The lowest BCUT2D eigenvalue weighted by Crippen LogP contribution is -2.15. The van der Waals surface area contributed by atoms with Gasteiger partial charge >= 0.3 is 0 Å². The Morgan fingerprint density at radius 1 is 1.00 bits per heavy atom. The summed E-state index contributed by atoms with van der Waals surface area (Å²) in [5, 5.41) is 5.44. The zero-order chi connectivity index (χ0) is 17.8. The van der Waals surface area contributed by atoms with Gasteiger partial charge in [0.2, 0.25) is 0 Å². The molecular formula is C18H14F2N4O. The Kier molecular flexibility index (Phi) is 4.65. The molecule has 0 bridgehead atoms. The third-order valence-corrected chi connectivity index (χ3v) is 3.31. The molecule has 0 radical (unpaired) electrons. The van der Waals surface area contributed by atoms with Crippen molar-refractivity contribution >= 4 is 23.1 Å². The van der Waals surface area contributed by atoms with Gasteiger partial charge in [-0.05, 0) is 43.3 Å². The molecule has 0 saturated heterocycles. The summed E-state index contributed by atoms with van der Waals surface area (Å²) in [6.07, 6.45) is 0. The van der Waals surface area contributed by atoms with Crippen molar-refractivity contribution in [3.8, 4) is 0 Å². The van der Waals surface area contributed by atoms with Crippen LogP contribution in [-0.2, 0) is 0 Å². The predicted molar refractivity (Wildman–Crippen MR) is 90.8 cm³/mol. The Hall–Kier alpha value is -3.35. The summed E-state index contributed by atoms with van der Waals surface area (Å²) in [5.74, 6) is -0.663. The van der Waals surface area contributed by atoms with Gasteiger partial charge in [-0.2, -0.15) is 0 Å². The first-order valence-electron chi connectivity index (χ1n) is 7.45. The molecule has 3 aromatic rings. The summed E-state index contributed by atoms with van der Waals surface area (Å²) in [7, 11) is 0. The first-order chi connectivity index (χ1) is 12.0. The van der Waals surface area contributed by atoms with Crippen molar-refractivity contribution < 1.29 is 13.6 Å². The van der Waals surface area contributed by atoms with Crippen LogP contribution in [0.25, 0.3) is 0 Å². The van der Waals surface area contributed by atoms with Gasteiger partial charge in [-0.25, -0.2) is 18.7 Å². The number of nitrogens with zero attached hydrogens (tertiary/aromatic N) is 2. The first kappa shape index (κ1) is 16.5. The molecule has 0 aliphatic carbocycles. The molecule has 2 N–H and O–H groups in total. The quantitative estimate of drug-likeness (QED) is 0.752. The van der Waals surface area contributed by atoms with E-state index in [1.807, 2.05) is 0 Å². The number of hydrogen-bond acceptors (Lipinski definition) is 4. The van der Waals surface area contributed by atoms with Crippen LogP contribution >= 0.6 is 0 Å². The van der Waals surface area contributed by atoms with Gasteiger partial charge in [0, 0.05) is 11.8 Å². The number of halogens is 2. The smallest absolute Gasteiger partial charge is 0.274 e. The van der Waals surface area contributed by atoms with Crippen LogP contribution in [0.1, 0.15) is 16.3 Å². The van der Waals surface area contributed by atoms with E-state index in [1.165, 1.54) is 36.4 Å². The summed E-state index contributed by atoms with van der Waals surface area (Å²) in [6, 6.07) is 12.9. The standard InChI is InChI=1S/C18H14F2N4O/c1-11-21-16(18(25)23-13-8-6-12(19)7-9-13)10-17(22-11)24-15-5-3-2-4-14(15)20/h2-10H,1H3,(H,23,25)(H,21,22,24). The molecule has 7 heteroatoms. The van der Waals surface area contributed by atoms with Gasteiger partial charge in [-0.15, -0.1) is 0 Å². The number of aryl methyl sites for hydroxylation is 1. The van der Waals surface area contributed by atoms with E-state index >= 15 is 0 Å². The van der Waals surface area contributed by atoms with Crippen molar-refractivity contribution in [2.75, 3.05) is 10.6 Å². The van der Waals surface area contributed by atoms with Gasteiger partial charge in [-0.1, -0.05) is 12.1 Å². The van der Waals surface area contributed by atoms with Crippen molar-refractivity contribution in [1.82, 2.24) is 9.97 Å². The summed E-state index contributed by atoms with van der Waals surface area (Å²) >= 11 is 0. The molecule has 126 valence electrons. The largest absolute Gasteiger partial charge is 0.338 e. The number of aromatic nitrogens is 2. The lowest BCUT2D eigenvalue weighted by Gasteiger charge is -2.10. The molecule has 1 heterocycles. The number of nitrogens with one attached hydrogen (secondary N) is 2. The molecule has 3 rings (SSSR count). The maximum Gasteiger partial charge on any atom is 0.274 e. The van der Waals surface area contributed by atoms with Gasteiger partial charge in [0.15, 0.2) is 0 Å². The number of carbonyl (C=O) groups is 1. The van der Waals surface area contributed by atoms with Crippen LogP contribution in [0.2, 0.25) is 0 Å². The lowest BCUT2D eigenvalue weighted by atomic mass is 10.2. The van der Waals surface area contributed by atoms with Crippen LogP contribution in [0.3, 0.4) is 0 Å². The Morgan fingerprint density at radius 3 is 2.44 bits per heavy atom. The highest BCUT2D eigenvalue weighted by atomic mass is 19.1. The van der Waals surface area contributed by atoms with Crippen molar-refractivity contribution in [1.29, 1.82) is 0 Å². The van der Waals surface area contributed by atoms with Crippen LogP contribution in [0.15, 0.2) is 54.6 Å². The van der Waals surface area contributed by atoms with Crippen molar-refractivity contribution in [2.24, 2.45) is 0 Å². The molecule has 1 amide bonds. The lowest BCUT2D eigenvalue weighted by molar-refractivity contribution is 0.102. The molecule has 1 aromatic heterocycles. The summed E-state index contributed by atoms with van der Waals surface area (Å²) in [5.41, 5.74) is 0.785. The predicted octanol–water partition coefficient (Wildman–Crippen LogP) is 4.06. The zero-order valence-corrected chi connectivity index (χ0v) is 13.3. The minimum absolute atomic E-state index is 0.107. The Bertz CT molecular complexity index is 913. The van der Waals surface area contributed by atoms with E-state index in [2.05, 4.69) is 20.6 Å². The topological polar surface area (TPSA) is 66.9 Å². The van der Waals surface area contributed by atoms with E-state index in [0.29, 0.717) is 17.3 Å². The highest BCUT2D eigenvalue weighted by Crippen LogP contribution is 2.19. The first-order valence-corrected chi connectivity index (χ1v) is 7.45. The van der Waals surface area contributed by atoms with E-state index in [4.69, 9.17) is 0 Å². The van der Waals surface area contributed by atoms with Crippen molar-refractivity contribution in [3.05, 3.63) is 77.8 Å². The molecule has 2 aromatic carbocycles. The molecule has 5 nitrogen and oxygen atoms in total. The minimum atomic E-state index is -0.478. The monoisotopic (exact) mass is 340 g/mol. The molecule has 0 fully saturated rings. The molecule has 0 atom stereocenters. The van der Waals surface area contributed by atoms with Crippen LogP contribution in [0.5, 0.6) is 0 Å². The Morgan fingerprint density at radius 2 is 1.72 bits per heavy atom. The second-order valence-corrected chi connectivity index (χ2v) is 5.25. The number of rotatable bonds is 4. The fraction of sp³-hybridized carbons (Fsp3) is 0.0556. The van der Waals surface area contributed by atoms with E-state index in [9.17, 15) is 13.6 Å². The van der Waals surface area contributed by atoms with Crippen LogP contribution in [-0.4, -0.2) is 15.9 Å². The fourth-order valence-electron chi connectivity index (χ4n) is 2.18. The van der Waals surface area contributed by atoms with Gasteiger partial charge in [0.1, 0.15) is 29.0 Å². The van der Waals surface area contributed by atoms with Crippen LogP contribution < -0.4 is 10.6 Å². The van der Waals surface area contributed by atoms with Crippen molar-refractivity contribution in [3.63, 3.8) is 0 Å². The number of anilines is 3. The second kappa shape index (κ2) is 7.04. The summed E-state index contributed by atoms with van der Waals surface area (Å²) in [6.45, 7) is 1.63. The molecule has 0 saturated carbocycles. The number of amides is 1. The van der Waals surface area contributed by atoms with Crippen molar-refractivity contribution in [2.45, 2.75) is 6.92 Å². The second-order valence-electron chi connectivity index (χ2n) is 5.25. The molecule has 0 aliphatic rings. The zero-order valence-electron chi connectivity index (χ0n) is 13.3. The fourth-order valence-corrected chi connectivity index (χ4v) is 2.18. The van der Waals surface area contributed by atoms with Crippen LogP contribution in [0, 0.1) is 18.6 Å². The number of hydrogen-bond donors (Lipinski definition) is 2. The normalized spacial score (nSPS) is 10.4. The Balaban J connectivity index is 1.82. The summed E-state index contributed by atoms with van der Waals surface area (Å²) in [4.78, 5) is 20.6. The third kappa shape index (κ3) is 4.14. The van der Waals surface area contributed by atoms with E-state index in [0.717, 1.165) is 0 Å². The maximum absolute atomic E-state index is 13.7. The minimum Gasteiger partial charge on any atom is -0.338 e. The van der Waals surface area contributed by atoms with E-state index < -0.39 is 17.5 Å². The Labute approximate surface area is 142 Å².